The zero-order chi connectivity index (χ0) is 11.3. The van der Waals surface area contributed by atoms with Gasteiger partial charge in [-0.3, -0.25) is 0 Å². The van der Waals surface area contributed by atoms with Gasteiger partial charge in [-0.15, -0.1) is 0 Å². The van der Waals surface area contributed by atoms with Crippen LogP contribution in [0.3, 0.4) is 0 Å². The van der Waals surface area contributed by atoms with Crippen molar-refractivity contribution < 1.29 is 5.11 Å². The van der Waals surface area contributed by atoms with Gasteiger partial charge in [0, 0.05) is 17.9 Å². The Labute approximate surface area is 91.3 Å². The van der Waals surface area contributed by atoms with Gasteiger partial charge in [-0.1, -0.05) is 0 Å². The molecular weight excluding hydrogens is 188 g/mol. The van der Waals surface area contributed by atoms with E-state index in [9.17, 15) is 0 Å². The Bertz CT molecular complexity index is 310. The number of hydrogen-bond donors (Lipinski definition) is 3. The number of aryl methyl sites for hydroxylation is 1. The monoisotopic (exact) mass is 208 g/mol. The molecule has 0 aromatic heterocycles. The fraction of sp³-hybridized carbons (Fsp3) is 0.500. The highest BCUT2D eigenvalue weighted by molar-refractivity contribution is 5.57. The first kappa shape index (κ1) is 11.9. The quantitative estimate of drug-likeness (QED) is 0.513. The summed E-state index contributed by atoms with van der Waals surface area (Å²) in [7, 11) is 0. The van der Waals surface area contributed by atoms with Crippen LogP contribution in [0.2, 0.25) is 0 Å². The average Bonchev–Trinajstić information content (AvgIpc) is 2.14. The number of nitrogens with two attached hydrogens (primary N) is 1. The minimum Gasteiger partial charge on any atom is -0.399 e. The first-order chi connectivity index (χ1) is 7.09. The highest BCUT2D eigenvalue weighted by Gasteiger charge is 1.98. The van der Waals surface area contributed by atoms with E-state index >= 15 is 0 Å². The molecule has 0 bridgehead atoms. The van der Waals surface area contributed by atoms with Crippen molar-refractivity contribution in [3.8, 4) is 0 Å². The molecule has 0 saturated heterocycles. The molecule has 0 saturated carbocycles. The molecule has 1 rings (SSSR count). The second kappa shape index (κ2) is 5.61. The smallest absolute Gasteiger partial charge is 0.0512 e. The molecule has 0 amide bonds. The van der Waals surface area contributed by atoms with E-state index in [1.54, 1.807) is 0 Å². The molecule has 0 heterocycles. The van der Waals surface area contributed by atoms with Crippen molar-refractivity contribution >= 4 is 11.4 Å². The zero-order valence-corrected chi connectivity index (χ0v) is 9.46. The lowest BCUT2D eigenvalue weighted by Gasteiger charge is -2.10. The average molecular weight is 208 g/mol. The minimum absolute atomic E-state index is 0.209. The summed E-state index contributed by atoms with van der Waals surface area (Å²) in [4.78, 5) is 0. The molecule has 0 spiro atoms. The zero-order valence-electron chi connectivity index (χ0n) is 9.46. The number of anilines is 2. The molecule has 0 aliphatic rings. The molecule has 1 aromatic rings. The van der Waals surface area contributed by atoms with E-state index in [4.69, 9.17) is 10.8 Å². The lowest BCUT2D eigenvalue weighted by atomic mass is 10.1. The predicted molar refractivity (Wildman–Crippen MR) is 65.0 cm³/mol. The molecule has 0 radical (unpaired) electrons. The lowest BCUT2D eigenvalue weighted by Crippen LogP contribution is -2.07. The van der Waals surface area contributed by atoms with Crippen LogP contribution >= 0.6 is 0 Å². The molecule has 1 atom stereocenters. The van der Waals surface area contributed by atoms with E-state index in [2.05, 4.69) is 5.32 Å². The number of aliphatic hydroxyl groups is 1. The first-order valence-electron chi connectivity index (χ1n) is 5.37. The Morgan fingerprint density at radius 2 is 2.20 bits per heavy atom. The van der Waals surface area contributed by atoms with Crippen LogP contribution in [-0.4, -0.2) is 17.8 Å². The second-order valence-corrected chi connectivity index (χ2v) is 3.99. The van der Waals surface area contributed by atoms with Crippen molar-refractivity contribution in [2.75, 3.05) is 17.6 Å². The van der Waals surface area contributed by atoms with Crippen LogP contribution in [-0.2, 0) is 0 Å². The molecular formula is C12H20N2O. The molecule has 84 valence electrons. The molecule has 1 unspecified atom stereocenters. The van der Waals surface area contributed by atoms with E-state index in [1.807, 2.05) is 32.0 Å². The van der Waals surface area contributed by atoms with Crippen molar-refractivity contribution in [1.82, 2.24) is 0 Å². The Morgan fingerprint density at radius 3 is 2.80 bits per heavy atom. The summed E-state index contributed by atoms with van der Waals surface area (Å²) in [6, 6.07) is 5.84. The second-order valence-electron chi connectivity index (χ2n) is 3.99. The third kappa shape index (κ3) is 4.21. The molecule has 1 aromatic carbocycles. The molecule has 0 aliphatic heterocycles. The number of rotatable bonds is 5. The topological polar surface area (TPSA) is 58.3 Å². The summed E-state index contributed by atoms with van der Waals surface area (Å²) < 4.78 is 0. The van der Waals surface area contributed by atoms with Crippen molar-refractivity contribution in [3.63, 3.8) is 0 Å². The summed E-state index contributed by atoms with van der Waals surface area (Å²) >= 11 is 0. The summed E-state index contributed by atoms with van der Waals surface area (Å²) in [6.45, 7) is 4.73. The highest BCUT2D eigenvalue weighted by atomic mass is 16.3. The van der Waals surface area contributed by atoms with Crippen LogP contribution in [0.4, 0.5) is 11.4 Å². The molecule has 3 nitrogen and oxygen atoms in total. The van der Waals surface area contributed by atoms with Gasteiger partial charge in [-0.25, -0.2) is 0 Å². The lowest BCUT2D eigenvalue weighted by molar-refractivity contribution is 0.183. The van der Waals surface area contributed by atoms with Crippen LogP contribution in [0, 0.1) is 6.92 Å². The largest absolute Gasteiger partial charge is 0.399 e. The minimum atomic E-state index is -0.209. The van der Waals surface area contributed by atoms with Gasteiger partial charge in [0.05, 0.1) is 6.10 Å². The van der Waals surface area contributed by atoms with Crippen LogP contribution < -0.4 is 11.1 Å². The molecule has 4 N–H and O–H groups in total. The van der Waals surface area contributed by atoms with Gasteiger partial charge in [0.1, 0.15) is 0 Å². The van der Waals surface area contributed by atoms with Crippen molar-refractivity contribution in [2.24, 2.45) is 0 Å². The van der Waals surface area contributed by atoms with E-state index in [0.717, 1.165) is 36.3 Å². The third-order valence-electron chi connectivity index (χ3n) is 2.36. The normalized spacial score (nSPS) is 12.5. The van der Waals surface area contributed by atoms with Gasteiger partial charge in [-0.05, 0) is 50.5 Å². The number of nitrogens with one attached hydrogen (secondary N) is 1. The van der Waals surface area contributed by atoms with Crippen molar-refractivity contribution in [2.45, 2.75) is 32.8 Å². The van der Waals surface area contributed by atoms with Crippen LogP contribution in [0.15, 0.2) is 18.2 Å². The van der Waals surface area contributed by atoms with Gasteiger partial charge in [-0.2, -0.15) is 0 Å². The maximum atomic E-state index is 9.10. The maximum absolute atomic E-state index is 9.10. The van der Waals surface area contributed by atoms with E-state index in [1.165, 1.54) is 0 Å². The van der Waals surface area contributed by atoms with Crippen LogP contribution in [0.5, 0.6) is 0 Å². The molecule has 0 aliphatic carbocycles. The third-order valence-corrected chi connectivity index (χ3v) is 2.36. The predicted octanol–water partition coefficient (Wildman–Crippen LogP) is 2.15. The SMILES string of the molecule is Cc1cc(N)ccc1NCCCC(C)O. The Balaban J connectivity index is 2.37. The summed E-state index contributed by atoms with van der Waals surface area (Å²) in [5.74, 6) is 0. The summed E-state index contributed by atoms with van der Waals surface area (Å²) in [5, 5.41) is 12.4. The van der Waals surface area contributed by atoms with E-state index < -0.39 is 0 Å². The van der Waals surface area contributed by atoms with Crippen LogP contribution in [0.25, 0.3) is 0 Å². The highest BCUT2D eigenvalue weighted by Crippen LogP contribution is 2.17. The van der Waals surface area contributed by atoms with Gasteiger partial charge in [0.25, 0.3) is 0 Å². The standard InChI is InChI=1S/C12H20N2O/c1-9-8-11(13)5-6-12(9)14-7-3-4-10(2)15/h5-6,8,10,14-15H,3-4,7,13H2,1-2H3. The van der Waals surface area contributed by atoms with E-state index in [-0.39, 0.29) is 6.10 Å². The number of hydrogen-bond acceptors (Lipinski definition) is 3. The summed E-state index contributed by atoms with van der Waals surface area (Å²) in [6.07, 6.45) is 1.60. The van der Waals surface area contributed by atoms with Gasteiger partial charge in [0.15, 0.2) is 0 Å². The Kier molecular flexibility index (Phi) is 4.43. The van der Waals surface area contributed by atoms with Crippen molar-refractivity contribution in [1.29, 1.82) is 0 Å². The maximum Gasteiger partial charge on any atom is 0.0512 e. The van der Waals surface area contributed by atoms with E-state index in [0.29, 0.717) is 0 Å². The fourth-order valence-corrected chi connectivity index (χ4v) is 1.51. The van der Waals surface area contributed by atoms with Gasteiger partial charge in [0.2, 0.25) is 0 Å². The Morgan fingerprint density at radius 1 is 1.47 bits per heavy atom. The number of benzene rings is 1. The fourth-order valence-electron chi connectivity index (χ4n) is 1.51. The number of aliphatic hydroxyl groups excluding tert-OH is 1. The van der Waals surface area contributed by atoms with Crippen molar-refractivity contribution in [3.05, 3.63) is 23.8 Å². The van der Waals surface area contributed by atoms with Gasteiger partial charge >= 0.3 is 0 Å². The molecule has 0 fully saturated rings. The summed E-state index contributed by atoms with van der Waals surface area (Å²) in [5.41, 5.74) is 8.73. The molecule has 15 heavy (non-hydrogen) atoms. The Hall–Kier alpha value is -1.22. The first-order valence-corrected chi connectivity index (χ1v) is 5.37. The van der Waals surface area contributed by atoms with Gasteiger partial charge < -0.3 is 16.2 Å². The number of nitrogen functional groups attached to an aromatic ring is 1. The van der Waals surface area contributed by atoms with Crippen LogP contribution in [0.1, 0.15) is 25.3 Å². The molecule has 3 heteroatoms.